The molecule has 0 heterocycles. The topological polar surface area (TPSA) is 84.0 Å². The van der Waals surface area contributed by atoms with Gasteiger partial charge in [0.25, 0.3) is 0 Å². The third-order valence-corrected chi connectivity index (χ3v) is 4.41. The highest BCUT2D eigenvalue weighted by atomic mass is 16.5. The molecule has 1 aromatic rings. The lowest BCUT2D eigenvalue weighted by atomic mass is 10.1. The molecule has 1 aliphatic rings. The Kier molecular flexibility index (Phi) is 8.65. The van der Waals surface area contributed by atoms with Crippen molar-refractivity contribution >= 4 is 11.9 Å². The van der Waals surface area contributed by atoms with Crippen LogP contribution in [0.5, 0.6) is 11.5 Å². The first-order valence-corrected chi connectivity index (χ1v) is 9.77. The molecule has 2 rings (SSSR count). The molecule has 1 aliphatic carbocycles. The number of carbonyl (C=O) groups excluding carboxylic acids is 1. The molecule has 1 saturated carbocycles. The molecule has 154 valence electrons. The number of carbonyl (C=O) groups is 1. The Morgan fingerprint density at radius 3 is 2.57 bits per heavy atom. The molecule has 0 radical (unpaired) electrons. The van der Waals surface area contributed by atoms with Gasteiger partial charge in [-0.2, -0.15) is 0 Å². The summed E-state index contributed by atoms with van der Waals surface area (Å²) in [6, 6.07) is 4.00. The number of amides is 1. The molecule has 0 bridgehead atoms. The Labute approximate surface area is 167 Å². The van der Waals surface area contributed by atoms with Crippen LogP contribution in [0.3, 0.4) is 0 Å². The average Bonchev–Trinajstić information content (AvgIpc) is 3.54. The number of guanidine groups is 1. The third-order valence-electron chi connectivity index (χ3n) is 4.41. The van der Waals surface area contributed by atoms with E-state index in [4.69, 9.17) is 9.47 Å². The summed E-state index contributed by atoms with van der Waals surface area (Å²) in [7, 11) is 3.27. The van der Waals surface area contributed by atoms with E-state index in [1.54, 1.807) is 14.2 Å². The molecule has 28 heavy (non-hydrogen) atoms. The van der Waals surface area contributed by atoms with E-state index in [1.165, 1.54) is 0 Å². The summed E-state index contributed by atoms with van der Waals surface area (Å²) >= 11 is 0. The van der Waals surface area contributed by atoms with Crippen molar-refractivity contribution in [3.05, 3.63) is 35.9 Å². The van der Waals surface area contributed by atoms with E-state index >= 15 is 0 Å². The summed E-state index contributed by atoms with van der Waals surface area (Å²) in [5.41, 5.74) is 2.04. The number of nitrogens with zero attached hydrogens (tertiary/aromatic N) is 1. The van der Waals surface area contributed by atoms with Gasteiger partial charge in [-0.1, -0.05) is 6.08 Å². The fourth-order valence-corrected chi connectivity index (χ4v) is 2.87. The Bertz CT molecular complexity index is 699. The highest BCUT2D eigenvalue weighted by Gasteiger charge is 2.28. The first kappa shape index (κ1) is 21.6. The van der Waals surface area contributed by atoms with E-state index < -0.39 is 0 Å². The number of nitrogens with one attached hydrogen (secondary N) is 3. The number of ether oxygens (including phenoxy) is 2. The molecule has 0 atom stereocenters. The fourth-order valence-electron chi connectivity index (χ4n) is 2.87. The summed E-state index contributed by atoms with van der Waals surface area (Å²) in [6.45, 7) is 8.29. The van der Waals surface area contributed by atoms with E-state index in [1.807, 2.05) is 19.1 Å². The molecule has 0 spiro atoms. The van der Waals surface area contributed by atoms with Crippen LogP contribution in [0.15, 0.2) is 29.8 Å². The van der Waals surface area contributed by atoms with Crippen LogP contribution in [0.1, 0.15) is 30.9 Å². The van der Waals surface area contributed by atoms with Crippen molar-refractivity contribution in [3.8, 4) is 11.5 Å². The molecule has 1 amide bonds. The molecule has 0 aromatic heterocycles. The molecule has 3 N–H and O–H groups in total. The maximum absolute atomic E-state index is 11.7. The zero-order valence-electron chi connectivity index (χ0n) is 17.1. The molecular weight excluding hydrogens is 356 g/mol. The second-order valence-electron chi connectivity index (χ2n) is 6.67. The lowest BCUT2D eigenvalue weighted by Crippen LogP contribution is -2.41. The fraction of sp³-hybridized carbons (Fsp3) is 0.524. The van der Waals surface area contributed by atoms with Gasteiger partial charge in [-0.15, -0.1) is 6.58 Å². The van der Waals surface area contributed by atoms with Gasteiger partial charge in [-0.05, 0) is 43.9 Å². The van der Waals surface area contributed by atoms with Gasteiger partial charge in [0, 0.05) is 31.1 Å². The Hall–Kier alpha value is -2.70. The summed E-state index contributed by atoms with van der Waals surface area (Å²) in [4.78, 5) is 16.3. The van der Waals surface area contributed by atoms with Gasteiger partial charge in [0.15, 0.2) is 17.5 Å². The van der Waals surface area contributed by atoms with Gasteiger partial charge in [-0.25, -0.2) is 4.99 Å². The predicted octanol–water partition coefficient (Wildman–Crippen LogP) is 2.01. The smallest absolute Gasteiger partial charge is 0.223 e. The highest BCUT2D eigenvalue weighted by molar-refractivity contribution is 5.81. The highest BCUT2D eigenvalue weighted by Crippen LogP contribution is 2.33. The van der Waals surface area contributed by atoms with Gasteiger partial charge < -0.3 is 25.4 Å². The minimum Gasteiger partial charge on any atom is -0.493 e. The SMILES string of the molecule is C=CCc1cc(CN=C(NCC)NCCNC(=O)C2CC2)cc(OC)c1OC. The maximum Gasteiger partial charge on any atom is 0.223 e. The first-order valence-electron chi connectivity index (χ1n) is 9.77. The lowest BCUT2D eigenvalue weighted by molar-refractivity contribution is -0.122. The Morgan fingerprint density at radius 2 is 1.96 bits per heavy atom. The molecule has 0 aliphatic heterocycles. The van der Waals surface area contributed by atoms with Crippen LogP contribution < -0.4 is 25.4 Å². The van der Waals surface area contributed by atoms with E-state index in [2.05, 4.69) is 33.6 Å². The van der Waals surface area contributed by atoms with Crippen molar-refractivity contribution in [2.24, 2.45) is 10.9 Å². The van der Waals surface area contributed by atoms with Crippen LogP contribution in [0.4, 0.5) is 0 Å². The van der Waals surface area contributed by atoms with Crippen LogP contribution in [-0.2, 0) is 17.8 Å². The lowest BCUT2D eigenvalue weighted by Gasteiger charge is -2.15. The standard InChI is InChI=1S/C21H32N4O3/c1-5-7-17-12-15(13-18(27-3)19(17)28-4)14-25-21(22-6-2)24-11-10-23-20(26)16-8-9-16/h5,12-13,16H,1,6-11,14H2,2-4H3,(H,23,26)(H2,22,24,25). The third kappa shape index (κ3) is 6.48. The van der Waals surface area contributed by atoms with Crippen LogP contribution in [0.25, 0.3) is 0 Å². The number of aliphatic imine (C=N–C) groups is 1. The van der Waals surface area contributed by atoms with E-state index in [0.29, 0.717) is 37.8 Å². The second kappa shape index (κ2) is 11.2. The number of rotatable bonds is 11. The first-order chi connectivity index (χ1) is 13.6. The van der Waals surface area contributed by atoms with Gasteiger partial charge in [0.05, 0.1) is 20.8 Å². The molecule has 7 heteroatoms. The summed E-state index contributed by atoms with van der Waals surface area (Å²) in [5, 5.41) is 9.41. The van der Waals surface area contributed by atoms with Gasteiger partial charge in [-0.3, -0.25) is 4.79 Å². The molecular formula is C21H32N4O3. The van der Waals surface area contributed by atoms with Crippen LogP contribution in [0.2, 0.25) is 0 Å². The van der Waals surface area contributed by atoms with Crippen molar-refractivity contribution in [2.75, 3.05) is 33.9 Å². The molecule has 1 aromatic carbocycles. The normalized spacial score (nSPS) is 13.6. The monoisotopic (exact) mass is 388 g/mol. The minimum atomic E-state index is 0.156. The van der Waals surface area contributed by atoms with Gasteiger partial charge in [0.1, 0.15) is 0 Å². The number of allylic oxidation sites excluding steroid dienone is 1. The van der Waals surface area contributed by atoms with Crippen LogP contribution in [-0.4, -0.2) is 45.7 Å². The molecule has 1 fully saturated rings. The predicted molar refractivity (Wildman–Crippen MR) is 112 cm³/mol. The van der Waals surface area contributed by atoms with Crippen molar-refractivity contribution in [2.45, 2.75) is 32.7 Å². The number of hydrogen-bond acceptors (Lipinski definition) is 4. The van der Waals surface area contributed by atoms with E-state index in [0.717, 1.165) is 36.3 Å². The van der Waals surface area contributed by atoms with Crippen molar-refractivity contribution in [1.82, 2.24) is 16.0 Å². The number of benzene rings is 1. The Balaban J connectivity index is 1.98. The van der Waals surface area contributed by atoms with Crippen LogP contribution >= 0.6 is 0 Å². The van der Waals surface area contributed by atoms with Gasteiger partial charge in [0.2, 0.25) is 5.91 Å². The average molecular weight is 389 g/mol. The summed E-state index contributed by atoms with van der Waals surface area (Å²) in [5.74, 6) is 2.52. The molecule has 0 saturated heterocycles. The Morgan fingerprint density at radius 1 is 1.21 bits per heavy atom. The number of hydrogen-bond donors (Lipinski definition) is 3. The minimum absolute atomic E-state index is 0.156. The maximum atomic E-state index is 11.7. The van der Waals surface area contributed by atoms with Crippen LogP contribution in [0, 0.1) is 5.92 Å². The second-order valence-corrected chi connectivity index (χ2v) is 6.67. The zero-order valence-corrected chi connectivity index (χ0v) is 17.1. The molecule has 0 unspecified atom stereocenters. The molecule has 7 nitrogen and oxygen atoms in total. The largest absolute Gasteiger partial charge is 0.493 e. The van der Waals surface area contributed by atoms with Crippen molar-refractivity contribution in [3.63, 3.8) is 0 Å². The van der Waals surface area contributed by atoms with Gasteiger partial charge >= 0.3 is 0 Å². The quantitative estimate of drug-likeness (QED) is 0.234. The van der Waals surface area contributed by atoms with Crippen molar-refractivity contribution in [1.29, 1.82) is 0 Å². The van der Waals surface area contributed by atoms with Crippen molar-refractivity contribution < 1.29 is 14.3 Å². The van der Waals surface area contributed by atoms with E-state index in [-0.39, 0.29) is 11.8 Å². The number of methoxy groups -OCH3 is 2. The zero-order chi connectivity index (χ0) is 20.4. The summed E-state index contributed by atoms with van der Waals surface area (Å²) in [6.07, 6.45) is 4.56. The van der Waals surface area contributed by atoms with E-state index in [9.17, 15) is 4.79 Å². The summed E-state index contributed by atoms with van der Waals surface area (Å²) < 4.78 is 10.9.